The van der Waals surface area contributed by atoms with Gasteiger partial charge in [-0.2, -0.15) is 0 Å². The Bertz CT molecular complexity index is 556. The zero-order valence-corrected chi connectivity index (χ0v) is 12.2. The lowest BCUT2D eigenvalue weighted by molar-refractivity contribution is -0.117. The maximum absolute atomic E-state index is 13.4. The monoisotopic (exact) mass is 322 g/mol. The molecule has 2 rings (SSSR count). The average Bonchev–Trinajstić information content (AvgIpc) is 2.63. The van der Waals surface area contributed by atoms with Crippen LogP contribution in [0.3, 0.4) is 0 Å². The number of thioether (sulfide) groups is 1. The molecule has 1 fully saturated rings. The van der Waals surface area contributed by atoms with Gasteiger partial charge < -0.3 is 4.90 Å². The summed E-state index contributed by atoms with van der Waals surface area (Å²) in [7, 11) is 0. The maximum Gasteiger partial charge on any atom is 0.228 e. The zero-order valence-electron chi connectivity index (χ0n) is 9.82. The predicted octanol–water partition coefficient (Wildman–Crippen LogP) is 2.91. The minimum Gasteiger partial charge on any atom is -0.308 e. The number of carbonyl (C=O) groups is 2. The van der Waals surface area contributed by atoms with Crippen molar-refractivity contribution in [3.63, 3.8) is 0 Å². The molecule has 1 aromatic heterocycles. The number of pyridine rings is 1. The van der Waals surface area contributed by atoms with Crippen molar-refractivity contribution in [3.05, 3.63) is 22.2 Å². The number of anilines is 1. The third-order valence-corrected chi connectivity index (χ3v) is 4.11. The molecule has 0 aromatic carbocycles. The van der Waals surface area contributed by atoms with Crippen LogP contribution < -0.4 is 4.90 Å². The van der Waals surface area contributed by atoms with Gasteiger partial charge in [-0.05, 0) is 0 Å². The van der Waals surface area contributed by atoms with Crippen LogP contribution in [0.4, 0.5) is 10.1 Å². The molecule has 0 bridgehead atoms. The van der Waals surface area contributed by atoms with E-state index in [0.29, 0.717) is 6.54 Å². The molecule has 0 aliphatic carbocycles. The lowest BCUT2D eigenvalue weighted by Gasteiger charge is -2.17. The maximum atomic E-state index is 13.4. The van der Waals surface area contributed by atoms with Crippen molar-refractivity contribution >= 4 is 51.7 Å². The van der Waals surface area contributed by atoms with Gasteiger partial charge in [0.05, 0.1) is 5.69 Å². The molecule has 0 radical (unpaired) electrons. The Morgan fingerprint density at radius 2 is 2.21 bits per heavy atom. The lowest BCUT2D eigenvalue weighted by atomic mass is 10.3. The van der Waals surface area contributed by atoms with Gasteiger partial charge in [0, 0.05) is 31.2 Å². The van der Waals surface area contributed by atoms with Crippen molar-refractivity contribution in [2.75, 3.05) is 11.4 Å². The molecule has 4 nitrogen and oxygen atoms in total. The molecule has 1 aliphatic heterocycles. The van der Waals surface area contributed by atoms with Crippen LogP contribution in [-0.4, -0.2) is 27.8 Å². The summed E-state index contributed by atoms with van der Waals surface area (Å²) in [4.78, 5) is 27.9. The van der Waals surface area contributed by atoms with E-state index >= 15 is 0 Å². The van der Waals surface area contributed by atoms with Gasteiger partial charge >= 0.3 is 0 Å². The van der Waals surface area contributed by atoms with Gasteiger partial charge in [-0.3, -0.25) is 9.59 Å². The van der Waals surface area contributed by atoms with E-state index in [1.165, 1.54) is 11.8 Å². The molecule has 1 aromatic rings. The van der Waals surface area contributed by atoms with Gasteiger partial charge in [-0.25, -0.2) is 9.37 Å². The van der Waals surface area contributed by atoms with E-state index in [1.54, 1.807) is 0 Å². The van der Waals surface area contributed by atoms with Gasteiger partial charge in [0.25, 0.3) is 0 Å². The minimum absolute atomic E-state index is 0.0341. The third kappa shape index (κ3) is 3.19. The average molecular weight is 323 g/mol. The summed E-state index contributed by atoms with van der Waals surface area (Å²) < 4.78 is 13.4. The van der Waals surface area contributed by atoms with Gasteiger partial charge in [-0.15, -0.1) is 0 Å². The molecular formula is C11H9Cl2FN2O2S. The molecule has 102 valence electrons. The number of aromatic nitrogens is 1. The molecule has 8 heteroatoms. The van der Waals surface area contributed by atoms with Crippen molar-refractivity contribution in [2.45, 2.75) is 18.6 Å². The van der Waals surface area contributed by atoms with E-state index in [4.69, 9.17) is 23.2 Å². The summed E-state index contributed by atoms with van der Waals surface area (Å²) in [5.74, 6) is -0.958. The second-order valence-electron chi connectivity index (χ2n) is 4.01. The Labute approximate surface area is 123 Å². The number of halogens is 3. The second kappa shape index (κ2) is 5.64. The number of hydrogen-bond donors (Lipinski definition) is 0. The van der Waals surface area contributed by atoms with Gasteiger partial charge in [0.2, 0.25) is 5.91 Å². The highest BCUT2D eigenvalue weighted by Crippen LogP contribution is 2.33. The summed E-state index contributed by atoms with van der Waals surface area (Å²) in [6.07, 6.45) is 0.213. The van der Waals surface area contributed by atoms with E-state index in [9.17, 15) is 14.0 Å². The molecule has 0 N–H and O–H groups in total. The van der Waals surface area contributed by atoms with Crippen molar-refractivity contribution < 1.29 is 14.0 Å². The first-order valence-electron chi connectivity index (χ1n) is 5.37. The molecule has 0 saturated carbocycles. The fraction of sp³-hybridized carbons (Fsp3) is 0.364. The van der Waals surface area contributed by atoms with E-state index in [-0.39, 0.29) is 38.7 Å². The van der Waals surface area contributed by atoms with Crippen LogP contribution >= 0.6 is 35.0 Å². The Kier molecular flexibility index (Phi) is 4.32. The molecule has 0 spiro atoms. The molecule has 19 heavy (non-hydrogen) atoms. The van der Waals surface area contributed by atoms with E-state index in [2.05, 4.69) is 4.98 Å². The molecule has 1 saturated heterocycles. The van der Waals surface area contributed by atoms with Crippen molar-refractivity contribution in [1.29, 1.82) is 0 Å². The molecular weight excluding hydrogens is 314 g/mol. The number of hydrogen-bond acceptors (Lipinski definition) is 4. The molecule has 2 heterocycles. The first kappa shape index (κ1) is 14.6. The van der Waals surface area contributed by atoms with Gasteiger partial charge in [-0.1, -0.05) is 35.0 Å². The SMILES string of the molecule is CC(=O)SC1CC(=O)N(c2cc(F)c(Cl)nc2Cl)C1. The summed E-state index contributed by atoms with van der Waals surface area (Å²) in [6.45, 7) is 1.74. The van der Waals surface area contributed by atoms with Gasteiger partial charge in [0.1, 0.15) is 0 Å². The molecule has 1 unspecified atom stereocenters. The summed E-state index contributed by atoms with van der Waals surface area (Å²) in [6, 6.07) is 1.08. The van der Waals surface area contributed by atoms with Crippen LogP contribution in [0.2, 0.25) is 10.3 Å². The van der Waals surface area contributed by atoms with Crippen LogP contribution in [0.1, 0.15) is 13.3 Å². The van der Waals surface area contributed by atoms with Crippen LogP contribution in [0.15, 0.2) is 6.07 Å². The third-order valence-electron chi connectivity index (χ3n) is 2.58. The first-order valence-corrected chi connectivity index (χ1v) is 7.01. The fourth-order valence-corrected chi connectivity index (χ4v) is 3.19. The molecule has 1 aliphatic rings. The van der Waals surface area contributed by atoms with E-state index in [1.807, 2.05) is 0 Å². The van der Waals surface area contributed by atoms with Crippen LogP contribution in [0.5, 0.6) is 0 Å². The topological polar surface area (TPSA) is 50.3 Å². The number of rotatable bonds is 2. The minimum atomic E-state index is -0.739. The normalized spacial score (nSPS) is 19.1. The fourth-order valence-electron chi connectivity index (χ4n) is 1.85. The van der Waals surface area contributed by atoms with Crippen molar-refractivity contribution in [1.82, 2.24) is 4.98 Å². The highest BCUT2D eigenvalue weighted by Gasteiger charge is 2.33. The molecule has 1 atom stereocenters. The Morgan fingerprint density at radius 3 is 2.84 bits per heavy atom. The largest absolute Gasteiger partial charge is 0.308 e. The summed E-state index contributed by atoms with van der Waals surface area (Å²) >= 11 is 12.5. The second-order valence-corrected chi connectivity index (χ2v) is 6.20. The van der Waals surface area contributed by atoms with Crippen molar-refractivity contribution in [3.8, 4) is 0 Å². The highest BCUT2D eigenvalue weighted by atomic mass is 35.5. The lowest BCUT2D eigenvalue weighted by Crippen LogP contribution is -2.25. The zero-order chi connectivity index (χ0) is 14.2. The summed E-state index contributed by atoms with van der Waals surface area (Å²) in [5.41, 5.74) is 0.181. The standard InChI is InChI=1S/C11H9Cl2FN2O2S/c1-5(17)19-6-2-9(18)16(4-6)8-3-7(14)10(12)15-11(8)13/h3,6H,2,4H2,1H3. The number of nitrogens with zero attached hydrogens (tertiary/aromatic N) is 2. The Balaban J connectivity index is 2.25. The van der Waals surface area contributed by atoms with E-state index in [0.717, 1.165) is 17.8 Å². The number of amides is 1. The number of carbonyl (C=O) groups excluding carboxylic acids is 2. The predicted molar refractivity (Wildman–Crippen MR) is 73.2 cm³/mol. The highest BCUT2D eigenvalue weighted by molar-refractivity contribution is 8.14. The summed E-state index contributed by atoms with van der Waals surface area (Å²) in [5, 5.41) is -0.589. The Hall–Kier alpha value is -0.850. The van der Waals surface area contributed by atoms with Crippen LogP contribution in [0, 0.1) is 5.82 Å². The van der Waals surface area contributed by atoms with Crippen LogP contribution in [0.25, 0.3) is 0 Å². The van der Waals surface area contributed by atoms with Crippen LogP contribution in [-0.2, 0) is 9.59 Å². The van der Waals surface area contributed by atoms with Gasteiger partial charge in [0.15, 0.2) is 21.2 Å². The first-order chi connectivity index (χ1) is 8.88. The van der Waals surface area contributed by atoms with Crippen molar-refractivity contribution in [2.24, 2.45) is 0 Å². The smallest absolute Gasteiger partial charge is 0.228 e. The van der Waals surface area contributed by atoms with E-state index < -0.39 is 5.82 Å². The Morgan fingerprint density at radius 1 is 1.53 bits per heavy atom. The quantitative estimate of drug-likeness (QED) is 0.785. The molecule has 1 amide bonds.